The Balaban J connectivity index is 3.83. The summed E-state index contributed by atoms with van der Waals surface area (Å²) in [5.41, 5.74) is 0. The summed E-state index contributed by atoms with van der Waals surface area (Å²) in [6, 6.07) is 0. The van der Waals surface area contributed by atoms with Crippen LogP contribution in [-0.2, 0) is 7.48 Å². The Morgan fingerprint density at radius 1 is 1.88 bits per heavy atom. The van der Waals surface area contributed by atoms with E-state index in [4.69, 9.17) is 0 Å². The van der Waals surface area contributed by atoms with Crippen molar-refractivity contribution >= 4 is 48.1 Å². The van der Waals surface area contributed by atoms with Gasteiger partial charge in [0.1, 0.15) is 0 Å². The van der Waals surface area contributed by atoms with E-state index in [9.17, 15) is 4.79 Å². The molecule has 0 aromatic rings. The summed E-state index contributed by atoms with van der Waals surface area (Å²) >= 11 is 3.29. The molecule has 0 atom stereocenters. The van der Waals surface area contributed by atoms with Crippen LogP contribution in [0.1, 0.15) is 6.92 Å². The van der Waals surface area contributed by atoms with Crippen molar-refractivity contribution in [3.63, 3.8) is 0 Å². The Labute approximate surface area is 72.8 Å². The minimum absolute atomic E-state index is 0.266. The van der Waals surface area contributed by atoms with Crippen molar-refractivity contribution in [1.82, 2.24) is 0 Å². The SMILES string of the molecule is C/C=C(\Br)C(=O)[O][Tl]. The molecule has 0 N–H and O–H groups in total. The average molecular weight is 368 g/mol. The number of halogens is 1. The van der Waals surface area contributed by atoms with Crippen LogP contribution in [-0.4, -0.2) is 32.2 Å². The van der Waals surface area contributed by atoms with Crippen molar-refractivity contribution in [2.45, 2.75) is 6.92 Å². The Morgan fingerprint density at radius 2 is 2.38 bits per heavy atom. The molecule has 0 spiro atoms. The number of hydrogen-bond donors (Lipinski definition) is 0. The van der Waals surface area contributed by atoms with Gasteiger partial charge in [-0.2, -0.15) is 0 Å². The van der Waals surface area contributed by atoms with E-state index < -0.39 is 0 Å². The summed E-state index contributed by atoms with van der Waals surface area (Å²) < 4.78 is 5.02. The maximum absolute atomic E-state index is 10.4. The van der Waals surface area contributed by atoms with E-state index in [1.54, 1.807) is 13.0 Å². The molecule has 0 aliphatic carbocycles. The van der Waals surface area contributed by atoms with Gasteiger partial charge in [0, 0.05) is 0 Å². The number of carbonyl (C=O) groups excluding carboxylic acids is 1. The van der Waals surface area contributed by atoms with Crippen molar-refractivity contribution in [2.75, 3.05) is 0 Å². The zero-order valence-corrected chi connectivity index (χ0v) is 10.4. The van der Waals surface area contributed by atoms with Crippen molar-refractivity contribution in [2.24, 2.45) is 0 Å². The zero-order valence-electron chi connectivity index (χ0n) is 4.35. The van der Waals surface area contributed by atoms with E-state index in [0.717, 1.165) is 0 Å². The maximum atomic E-state index is 10.4. The number of carbonyl (C=O) groups is 1. The molecule has 42 valence electrons. The summed E-state index contributed by atoms with van der Waals surface area (Å²) in [5.74, 6) is -0.266. The first-order valence-corrected chi connectivity index (χ1v) is 4.57. The van der Waals surface area contributed by atoms with Crippen LogP contribution in [0, 0.1) is 0 Å². The predicted octanol–water partition coefficient (Wildman–Crippen LogP) is 0.912. The van der Waals surface area contributed by atoms with Crippen LogP contribution in [0.25, 0.3) is 0 Å². The van der Waals surface area contributed by atoms with Gasteiger partial charge in [0.25, 0.3) is 0 Å². The zero-order chi connectivity index (χ0) is 6.57. The number of allylic oxidation sites excluding steroid dienone is 1. The third kappa shape index (κ3) is 2.81. The van der Waals surface area contributed by atoms with Crippen molar-refractivity contribution in [1.29, 1.82) is 0 Å². The van der Waals surface area contributed by atoms with Crippen LogP contribution >= 0.6 is 15.9 Å². The summed E-state index contributed by atoms with van der Waals surface area (Å²) in [5, 5.41) is 0. The Bertz CT molecular complexity index is 121. The van der Waals surface area contributed by atoms with Gasteiger partial charge in [0.2, 0.25) is 0 Å². The van der Waals surface area contributed by atoms with Crippen LogP contribution < -0.4 is 0 Å². The second-order valence-corrected chi connectivity index (χ2v) is 2.81. The fourth-order valence-electron chi connectivity index (χ4n) is 0.174. The molecule has 0 unspecified atom stereocenters. The monoisotopic (exact) mass is 368 g/mol. The van der Waals surface area contributed by atoms with E-state index in [0.29, 0.717) is 4.48 Å². The summed E-state index contributed by atoms with van der Waals surface area (Å²) in [7, 11) is 0. The normalized spacial score (nSPS) is 10.9. The number of rotatable bonds is 1. The topological polar surface area (TPSA) is 26.3 Å². The summed E-state index contributed by atoms with van der Waals surface area (Å²) in [6.07, 6.45) is 1.66. The first-order valence-electron chi connectivity index (χ1n) is 1.95. The molecule has 0 fully saturated rings. The molecular formula is C4H4BrO2Tl. The second-order valence-electron chi connectivity index (χ2n) is 1.04. The molecule has 2 nitrogen and oxygen atoms in total. The standard InChI is InChI=1S/C4H5BrO2.Tl/c1-2-3(5)4(6)7;/h2H,1H3,(H,6,7);/q;+1/p-1/b3-2-;. The van der Waals surface area contributed by atoms with Gasteiger partial charge in [-0.1, -0.05) is 0 Å². The Morgan fingerprint density at radius 3 is 2.50 bits per heavy atom. The molecule has 0 amide bonds. The first-order chi connectivity index (χ1) is 3.72. The molecule has 0 saturated carbocycles. The molecule has 0 radical (unpaired) electrons. The Kier molecular flexibility index (Phi) is 4.83. The molecule has 0 aliphatic heterocycles. The van der Waals surface area contributed by atoms with Crippen LogP contribution in [0.15, 0.2) is 10.6 Å². The molecule has 0 bridgehead atoms. The molecular weight excluding hydrogens is 364 g/mol. The van der Waals surface area contributed by atoms with E-state index in [1.165, 1.54) is 0 Å². The Hall–Kier alpha value is 0.612. The molecule has 0 aliphatic rings. The van der Waals surface area contributed by atoms with E-state index >= 15 is 0 Å². The molecule has 0 saturated heterocycles. The van der Waals surface area contributed by atoms with Gasteiger partial charge in [-0.25, -0.2) is 0 Å². The fourth-order valence-corrected chi connectivity index (χ4v) is 1.43. The molecule has 8 heavy (non-hydrogen) atoms. The number of hydrogen-bond acceptors (Lipinski definition) is 2. The van der Waals surface area contributed by atoms with Gasteiger partial charge in [-0.15, -0.1) is 0 Å². The molecule has 0 rings (SSSR count). The van der Waals surface area contributed by atoms with Gasteiger partial charge in [0.05, 0.1) is 0 Å². The van der Waals surface area contributed by atoms with Gasteiger partial charge in [-0.05, 0) is 0 Å². The molecule has 0 heterocycles. The average Bonchev–Trinajstić information content (AvgIpc) is 1.84. The fraction of sp³-hybridized carbons (Fsp3) is 0.250. The van der Waals surface area contributed by atoms with Gasteiger partial charge >= 0.3 is 73.1 Å². The van der Waals surface area contributed by atoms with E-state index in [-0.39, 0.29) is 32.2 Å². The van der Waals surface area contributed by atoms with Gasteiger partial charge < -0.3 is 0 Å². The van der Waals surface area contributed by atoms with Crippen molar-refractivity contribution < 1.29 is 7.48 Å². The van der Waals surface area contributed by atoms with Crippen molar-refractivity contribution in [3.05, 3.63) is 10.6 Å². The van der Waals surface area contributed by atoms with Gasteiger partial charge in [-0.3, -0.25) is 0 Å². The first kappa shape index (κ1) is 8.61. The van der Waals surface area contributed by atoms with Crippen LogP contribution in [0.3, 0.4) is 0 Å². The van der Waals surface area contributed by atoms with E-state index in [1.807, 2.05) is 0 Å². The van der Waals surface area contributed by atoms with Crippen LogP contribution in [0.4, 0.5) is 0 Å². The third-order valence-electron chi connectivity index (χ3n) is 0.555. The summed E-state index contributed by atoms with van der Waals surface area (Å²) in [6.45, 7) is 1.77. The summed E-state index contributed by atoms with van der Waals surface area (Å²) in [4.78, 5) is 10.4. The predicted molar refractivity (Wildman–Crippen MR) is 34.5 cm³/mol. The van der Waals surface area contributed by atoms with Crippen LogP contribution in [0.5, 0.6) is 0 Å². The third-order valence-corrected chi connectivity index (χ3v) is 2.17. The second kappa shape index (κ2) is 4.49. The van der Waals surface area contributed by atoms with Crippen LogP contribution in [0.2, 0.25) is 0 Å². The molecule has 0 aromatic heterocycles. The molecule has 0 aromatic carbocycles. The quantitative estimate of drug-likeness (QED) is 0.508. The van der Waals surface area contributed by atoms with Gasteiger partial charge in [0.15, 0.2) is 0 Å². The molecule has 4 heteroatoms. The minimum atomic E-state index is -0.266. The van der Waals surface area contributed by atoms with E-state index in [2.05, 4.69) is 18.6 Å². The van der Waals surface area contributed by atoms with Crippen molar-refractivity contribution in [3.8, 4) is 0 Å².